The Morgan fingerprint density at radius 2 is 2.00 bits per heavy atom. The van der Waals surface area contributed by atoms with Crippen LogP contribution in [-0.4, -0.2) is 18.3 Å². The van der Waals surface area contributed by atoms with Crippen molar-refractivity contribution < 1.29 is 14.3 Å². The van der Waals surface area contributed by atoms with Gasteiger partial charge in [-0.25, -0.2) is 0 Å². The van der Waals surface area contributed by atoms with Gasteiger partial charge < -0.3 is 10.1 Å². The number of nitrogens with one attached hydrogen (secondary N) is 1. The van der Waals surface area contributed by atoms with Crippen LogP contribution in [0.3, 0.4) is 0 Å². The van der Waals surface area contributed by atoms with Crippen LogP contribution in [0.1, 0.15) is 29.6 Å². The number of hydrogen-bond acceptors (Lipinski definition) is 3. The van der Waals surface area contributed by atoms with Gasteiger partial charge in [-0.3, -0.25) is 9.59 Å². The smallest absolute Gasteiger partial charge is 0.262 e. The van der Waals surface area contributed by atoms with Crippen LogP contribution in [-0.2, 0) is 4.79 Å². The van der Waals surface area contributed by atoms with Gasteiger partial charge in [0.15, 0.2) is 12.4 Å². The summed E-state index contributed by atoms with van der Waals surface area (Å²) in [5.41, 5.74) is 1.31. The Kier molecular flexibility index (Phi) is 2.22. The maximum atomic E-state index is 12.4. The fraction of sp³-hybridized carbons (Fsp3) is 0.467. The maximum absolute atomic E-state index is 12.4. The van der Waals surface area contributed by atoms with Gasteiger partial charge in [0, 0.05) is 11.5 Å². The molecule has 0 radical (unpaired) electrons. The number of anilines is 1. The Labute approximate surface area is 111 Å². The third-order valence-electron chi connectivity index (χ3n) is 4.51. The molecule has 19 heavy (non-hydrogen) atoms. The van der Waals surface area contributed by atoms with E-state index in [1.165, 1.54) is 6.42 Å². The summed E-state index contributed by atoms with van der Waals surface area (Å²) < 4.78 is 5.30. The molecule has 0 saturated heterocycles. The van der Waals surface area contributed by atoms with E-state index < -0.39 is 0 Å². The van der Waals surface area contributed by atoms with E-state index in [1.54, 1.807) is 12.1 Å². The molecule has 4 heteroatoms. The van der Waals surface area contributed by atoms with Crippen LogP contribution in [0.15, 0.2) is 18.2 Å². The van der Waals surface area contributed by atoms with Crippen LogP contribution in [0.4, 0.5) is 5.69 Å². The summed E-state index contributed by atoms with van der Waals surface area (Å²) in [5, 5.41) is 2.75. The molecule has 1 amide bonds. The van der Waals surface area contributed by atoms with Crippen molar-refractivity contribution in [2.45, 2.75) is 19.3 Å². The van der Waals surface area contributed by atoms with Gasteiger partial charge in [0.05, 0.1) is 5.69 Å². The quantitative estimate of drug-likeness (QED) is 0.827. The second-order valence-electron chi connectivity index (χ2n) is 5.84. The number of rotatable bonds is 2. The van der Waals surface area contributed by atoms with Gasteiger partial charge >= 0.3 is 0 Å². The summed E-state index contributed by atoms with van der Waals surface area (Å²) >= 11 is 0. The lowest BCUT2D eigenvalue weighted by Gasteiger charge is -2.19. The predicted molar refractivity (Wildman–Crippen MR) is 69.2 cm³/mol. The number of ketones is 1. The summed E-state index contributed by atoms with van der Waals surface area (Å²) in [6, 6.07) is 5.33. The first-order valence-corrected chi connectivity index (χ1v) is 6.81. The van der Waals surface area contributed by atoms with Crippen molar-refractivity contribution in [2.24, 2.45) is 17.8 Å². The number of amides is 1. The van der Waals surface area contributed by atoms with Crippen LogP contribution >= 0.6 is 0 Å². The summed E-state index contributed by atoms with van der Waals surface area (Å²) in [5.74, 6) is 2.48. The standard InChI is InChI=1S/C15H15NO3/c17-14-7-19-13-2-1-8(6-12(13)16-14)15(18)11-4-9-3-10(9)5-11/h1-2,6,9-11H,3-5,7H2,(H,16,17). The molecule has 1 heterocycles. The van der Waals surface area contributed by atoms with Crippen molar-refractivity contribution in [2.75, 3.05) is 11.9 Å². The Morgan fingerprint density at radius 1 is 1.21 bits per heavy atom. The fourth-order valence-electron chi connectivity index (χ4n) is 3.40. The van der Waals surface area contributed by atoms with Crippen LogP contribution in [0.25, 0.3) is 0 Å². The highest BCUT2D eigenvalue weighted by atomic mass is 16.5. The molecular weight excluding hydrogens is 242 g/mol. The predicted octanol–water partition coefficient (Wildman–Crippen LogP) is 2.25. The van der Waals surface area contributed by atoms with E-state index in [0.29, 0.717) is 17.0 Å². The molecule has 2 saturated carbocycles. The highest BCUT2D eigenvalue weighted by Gasteiger charge is 2.48. The van der Waals surface area contributed by atoms with E-state index >= 15 is 0 Å². The molecule has 0 aromatic heterocycles. The van der Waals surface area contributed by atoms with E-state index in [-0.39, 0.29) is 24.2 Å². The fourth-order valence-corrected chi connectivity index (χ4v) is 3.40. The molecule has 0 bridgehead atoms. The maximum Gasteiger partial charge on any atom is 0.262 e. The Hall–Kier alpha value is -1.84. The average molecular weight is 257 g/mol. The Bertz CT molecular complexity index is 571. The minimum atomic E-state index is -0.167. The average Bonchev–Trinajstić information content (AvgIpc) is 3.03. The lowest BCUT2D eigenvalue weighted by Crippen LogP contribution is -2.25. The van der Waals surface area contributed by atoms with Gasteiger partial charge in [0.1, 0.15) is 5.75 Å². The summed E-state index contributed by atoms with van der Waals surface area (Å²) in [6.07, 6.45) is 3.41. The van der Waals surface area contributed by atoms with E-state index in [4.69, 9.17) is 4.74 Å². The molecule has 1 aromatic carbocycles. The molecule has 2 unspecified atom stereocenters. The van der Waals surface area contributed by atoms with Gasteiger partial charge in [0.2, 0.25) is 0 Å². The topological polar surface area (TPSA) is 55.4 Å². The van der Waals surface area contributed by atoms with E-state index in [2.05, 4.69) is 5.32 Å². The van der Waals surface area contributed by atoms with Crippen molar-refractivity contribution in [3.63, 3.8) is 0 Å². The molecule has 4 nitrogen and oxygen atoms in total. The lowest BCUT2D eigenvalue weighted by atomic mass is 9.93. The van der Waals surface area contributed by atoms with E-state index in [9.17, 15) is 9.59 Å². The van der Waals surface area contributed by atoms with Crippen molar-refractivity contribution in [1.82, 2.24) is 0 Å². The van der Waals surface area contributed by atoms with Crippen LogP contribution in [0.2, 0.25) is 0 Å². The summed E-state index contributed by atoms with van der Waals surface area (Å²) in [4.78, 5) is 23.7. The number of Topliss-reactive ketones (excluding diaryl/α,β-unsaturated/α-hetero) is 1. The highest BCUT2D eigenvalue weighted by Crippen LogP contribution is 2.55. The molecule has 1 aromatic rings. The van der Waals surface area contributed by atoms with Gasteiger partial charge in [-0.1, -0.05) is 0 Å². The van der Waals surface area contributed by atoms with E-state index in [0.717, 1.165) is 24.7 Å². The van der Waals surface area contributed by atoms with Crippen molar-refractivity contribution in [3.05, 3.63) is 23.8 Å². The highest BCUT2D eigenvalue weighted by molar-refractivity contribution is 6.01. The number of carbonyl (C=O) groups excluding carboxylic acids is 2. The zero-order chi connectivity index (χ0) is 13.0. The van der Waals surface area contributed by atoms with Crippen LogP contribution in [0.5, 0.6) is 5.75 Å². The molecule has 98 valence electrons. The Balaban J connectivity index is 1.59. The molecule has 1 aliphatic heterocycles. The number of carbonyl (C=O) groups is 2. The lowest BCUT2D eigenvalue weighted by molar-refractivity contribution is -0.118. The van der Waals surface area contributed by atoms with Gasteiger partial charge in [-0.15, -0.1) is 0 Å². The second kappa shape index (κ2) is 3.83. The zero-order valence-electron chi connectivity index (χ0n) is 10.5. The third kappa shape index (κ3) is 1.82. The third-order valence-corrected chi connectivity index (χ3v) is 4.51. The first kappa shape index (κ1) is 11.0. The number of hydrogen-bond donors (Lipinski definition) is 1. The van der Waals surface area contributed by atoms with Crippen molar-refractivity contribution in [3.8, 4) is 5.75 Å². The summed E-state index contributed by atoms with van der Waals surface area (Å²) in [7, 11) is 0. The van der Waals surface area contributed by atoms with Crippen molar-refractivity contribution in [1.29, 1.82) is 0 Å². The second-order valence-corrected chi connectivity index (χ2v) is 5.84. The molecule has 0 spiro atoms. The minimum Gasteiger partial charge on any atom is -0.482 e. The van der Waals surface area contributed by atoms with E-state index in [1.807, 2.05) is 6.07 Å². The van der Waals surface area contributed by atoms with Gasteiger partial charge in [0.25, 0.3) is 5.91 Å². The SMILES string of the molecule is O=C1COc2ccc(C(=O)C3CC4CC4C3)cc2N1. The molecule has 2 fully saturated rings. The molecule has 4 rings (SSSR count). The Morgan fingerprint density at radius 3 is 2.79 bits per heavy atom. The number of fused-ring (bicyclic) bond motifs is 2. The monoisotopic (exact) mass is 257 g/mol. The molecule has 1 N–H and O–H groups in total. The minimum absolute atomic E-state index is 0.0479. The number of benzene rings is 1. The largest absolute Gasteiger partial charge is 0.482 e. The first-order chi connectivity index (χ1) is 9.20. The molecule has 3 aliphatic rings. The molecule has 2 atom stereocenters. The molecule has 2 aliphatic carbocycles. The normalized spacial score (nSPS) is 30.9. The zero-order valence-corrected chi connectivity index (χ0v) is 10.5. The van der Waals surface area contributed by atoms with Crippen molar-refractivity contribution >= 4 is 17.4 Å². The number of ether oxygens (including phenoxy) is 1. The van der Waals surface area contributed by atoms with Gasteiger partial charge in [-0.05, 0) is 49.3 Å². The summed E-state index contributed by atoms with van der Waals surface area (Å²) in [6.45, 7) is 0.0479. The van der Waals surface area contributed by atoms with Crippen LogP contribution in [0, 0.1) is 17.8 Å². The molecular formula is C15H15NO3. The van der Waals surface area contributed by atoms with Gasteiger partial charge in [-0.2, -0.15) is 0 Å². The van der Waals surface area contributed by atoms with Crippen LogP contribution < -0.4 is 10.1 Å². The first-order valence-electron chi connectivity index (χ1n) is 6.81.